The third-order valence-corrected chi connectivity index (χ3v) is 3.58. The van der Waals surface area contributed by atoms with E-state index in [9.17, 15) is 5.11 Å². The van der Waals surface area contributed by atoms with Gasteiger partial charge in [-0.1, -0.05) is 0 Å². The molecule has 0 atom stereocenters. The second-order valence-electron chi connectivity index (χ2n) is 5.23. The second kappa shape index (κ2) is 5.34. The minimum Gasteiger partial charge on any atom is -0.388 e. The Kier molecular flexibility index (Phi) is 3.99. The summed E-state index contributed by atoms with van der Waals surface area (Å²) in [5.74, 6) is 1.83. The standard InChI is InChI=1S/C12H22N4O2/c1-10-13-14-11(16(10)3)8-15(2)9-12(17)4-6-18-7-5-12/h17H,4-9H2,1-3H3. The van der Waals surface area contributed by atoms with Gasteiger partial charge in [0.15, 0.2) is 0 Å². The predicted octanol–water partition coefficient (Wildman–Crippen LogP) is 0.0968. The average molecular weight is 254 g/mol. The summed E-state index contributed by atoms with van der Waals surface area (Å²) in [6.45, 7) is 4.56. The Hall–Kier alpha value is -0.980. The van der Waals surface area contributed by atoms with Crippen LogP contribution in [0.25, 0.3) is 0 Å². The number of hydrogen-bond acceptors (Lipinski definition) is 5. The highest BCUT2D eigenvalue weighted by Gasteiger charge is 2.31. The summed E-state index contributed by atoms with van der Waals surface area (Å²) in [5.41, 5.74) is -0.624. The molecule has 18 heavy (non-hydrogen) atoms. The average Bonchev–Trinajstić information content (AvgIpc) is 2.61. The van der Waals surface area contributed by atoms with Crippen molar-refractivity contribution in [2.75, 3.05) is 26.8 Å². The van der Waals surface area contributed by atoms with Gasteiger partial charge >= 0.3 is 0 Å². The van der Waals surface area contributed by atoms with Gasteiger partial charge in [0.25, 0.3) is 0 Å². The Bertz CT molecular complexity index is 399. The van der Waals surface area contributed by atoms with E-state index in [4.69, 9.17) is 4.74 Å². The van der Waals surface area contributed by atoms with Gasteiger partial charge in [-0.05, 0) is 14.0 Å². The quantitative estimate of drug-likeness (QED) is 0.825. The first-order chi connectivity index (χ1) is 8.50. The molecule has 1 aromatic rings. The molecule has 0 amide bonds. The normalized spacial score (nSPS) is 19.4. The molecule has 0 radical (unpaired) electrons. The largest absolute Gasteiger partial charge is 0.388 e. The second-order valence-corrected chi connectivity index (χ2v) is 5.23. The molecule has 1 saturated heterocycles. The number of aromatic nitrogens is 3. The van der Waals surface area contributed by atoms with E-state index in [0.29, 0.717) is 39.1 Å². The number of rotatable bonds is 4. The molecular weight excluding hydrogens is 232 g/mol. The Morgan fingerprint density at radius 2 is 2.06 bits per heavy atom. The fourth-order valence-corrected chi connectivity index (χ4v) is 2.30. The van der Waals surface area contributed by atoms with Crippen molar-refractivity contribution in [3.8, 4) is 0 Å². The van der Waals surface area contributed by atoms with E-state index in [1.165, 1.54) is 0 Å². The van der Waals surface area contributed by atoms with Gasteiger partial charge in [0, 0.05) is 39.6 Å². The van der Waals surface area contributed by atoms with E-state index < -0.39 is 5.60 Å². The molecule has 102 valence electrons. The summed E-state index contributed by atoms with van der Waals surface area (Å²) in [7, 11) is 3.96. The molecule has 0 spiro atoms. The van der Waals surface area contributed by atoms with Crippen molar-refractivity contribution >= 4 is 0 Å². The fraction of sp³-hybridized carbons (Fsp3) is 0.833. The van der Waals surface area contributed by atoms with E-state index in [2.05, 4.69) is 15.1 Å². The lowest BCUT2D eigenvalue weighted by Gasteiger charge is -2.35. The minimum absolute atomic E-state index is 0.624. The van der Waals surface area contributed by atoms with Crippen LogP contribution in [0.4, 0.5) is 0 Å². The molecule has 0 aliphatic carbocycles. The summed E-state index contributed by atoms with van der Waals surface area (Å²) in [5, 5.41) is 18.6. The van der Waals surface area contributed by atoms with Crippen LogP contribution in [0.15, 0.2) is 0 Å². The van der Waals surface area contributed by atoms with Crippen LogP contribution in [0.2, 0.25) is 0 Å². The van der Waals surface area contributed by atoms with Crippen molar-refractivity contribution in [2.24, 2.45) is 7.05 Å². The first-order valence-corrected chi connectivity index (χ1v) is 6.34. The van der Waals surface area contributed by atoms with Gasteiger partial charge in [-0.15, -0.1) is 10.2 Å². The lowest BCUT2D eigenvalue weighted by Crippen LogP contribution is -2.45. The van der Waals surface area contributed by atoms with E-state index >= 15 is 0 Å². The van der Waals surface area contributed by atoms with Crippen LogP contribution in [0.3, 0.4) is 0 Å². The predicted molar refractivity (Wildman–Crippen MR) is 67.1 cm³/mol. The third-order valence-electron chi connectivity index (χ3n) is 3.58. The molecule has 2 heterocycles. The Morgan fingerprint density at radius 1 is 1.39 bits per heavy atom. The Balaban J connectivity index is 1.92. The molecule has 1 aliphatic rings. The molecule has 0 bridgehead atoms. The smallest absolute Gasteiger partial charge is 0.146 e. The fourth-order valence-electron chi connectivity index (χ4n) is 2.30. The van der Waals surface area contributed by atoms with Crippen LogP contribution in [0, 0.1) is 6.92 Å². The molecule has 0 unspecified atom stereocenters. The summed E-state index contributed by atoms with van der Waals surface area (Å²) in [6, 6.07) is 0. The van der Waals surface area contributed by atoms with Gasteiger partial charge in [0.2, 0.25) is 0 Å². The first kappa shape index (κ1) is 13.5. The van der Waals surface area contributed by atoms with Crippen LogP contribution in [-0.2, 0) is 18.3 Å². The van der Waals surface area contributed by atoms with Gasteiger partial charge in [-0.2, -0.15) is 0 Å². The maximum atomic E-state index is 10.4. The molecule has 0 aromatic carbocycles. The van der Waals surface area contributed by atoms with Gasteiger partial charge in [-0.3, -0.25) is 4.90 Å². The molecule has 1 aliphatic heterocycles. The number of ether oxygens (including phenoxy) is 1. The zero-order valence-electron chi connectivity index (χ0n) is 11.4. The lowest BCUT2D eigenvalue weighted by molar-refractivity contribution is -0.0780. The third kappa shape index (κ3) is 3.07. The summed E-state index contributed by atoms with van der Waals surface area (Å²) in [6.07, 6.45) is 1.41. The Morgan fingerprint density at radius 3 is 2.61 bits per heavy atom. The van der Waals surface area contributed by atoms with Crippen molar-refractivity contribution in [3.05, 3.63) is 11.6 Å². The number of aliphatic hydroxyl groups is 1. The summed E-state index contributed by atoms with van der Waals surface area (Å²) >= 11 is 0. The molecule has 2 rings (SSSR count). The minimum atomic E-state index is -0.624. The zero-order valence-corrected chi connectivity index (χ0v) is 11.4. The number of hydrogen-bond donors (Lipinski definition) is 1. The van der Waals surface area contributed by atoms with Crippen LogP contribution in [0.1, 0.15) is 24.5 Å². The monoisotopic (exact) mass is 254 g/mol. The zero-order chi connectivity index (χ0) is 13.2. The van der Waals surface area contributed by atoms with Crippen LogP contribution in [0.5, 0.6) is 0 Å². The van der Waals surface area contributed by atoms with Gasteiger partial charge in [0.05, 0.1) is 12.1 Å². The van der Waals surface area contributed by atoms with Gasteiger partial charge in [-0.25, -0.2) is 0 Å². The maximum Gasteiger partial charge on any atom is 0.146 e. The molecular formula is C12H22N4O2. The van der Waals surface area contributed by atoms with Crippen LogP contribution < -0.4 is 0 Å². The summed E-state index contributed by atoms with van der Waals surface area (Å²) in [4.78, 5) is 2.09. The highest BCUT2D eigenvalue weighted by molar-refractivity contribution is 4.93. The SMILES string of the molecule is Cc1nnc(CN(C)CC2(O)CCOCC2)n1C. The van der Waals surface area contributed by atoms with Crippen molar-refractivity contribution in [2.45, 2.75) is 31.9 Å². The van der Waals surface area contributed by atoms with E-state index in [1.54, 1.807) is 0 Å². The van der Waals surface area contributed by atoms with Crippen LogP contribution in [-0.4, -0.2) is 57.2 Å². The highest BCUT2D eigenvalue weighted by atomic mass is 16.5. The van der Waals surface area contributed by atoms with E-state index in [0.717, 1.165) is 11.6 Å². The van der Waals surface area contributed by atoms with E-state index in [-0.39, 0.29) is 0 Å². The number of nitrogens with zero attached hydrogens (tertiary/aromatic N) is 4. The maximum absolute atomic E-state index is 10.4. The molecule has 6 nitrogen and oxygen atoms in total. The Labute approximate surface area is 108 Å². The highest BCUT2D eigenvalue weighted by Crippen LogP contribution is 2.21. The number of aryl methyl sites for hydroxylation is 1. The molecule has 1 N–H and O–H groups in total. The topological polar surface area (TPSA) is 63.4 Å². The van der Waals surface area contributed by atoms with Gasteiger partial charge in [0.1, 0.15) is 11.6 Å². The first-order valence-electron chi connectivity index (χ1n) is 6.34. The van der Waals surface area contributed by atoms with Crippen molar-refractivity contribution in [1.29, 1.82) is 0 Å². The van der Waals surface area contributed by atoms with Crippen molar-refractivity contribution in [3.63, 3.8) is 0 Å². The van der Waals surface area contributed by atoms with Gasteiger partial charge < -0.3 is 14.4 Å². The van der Waals surface area contributed by atoms with E-state index in [1.807, 2.05) is 25.6 Å². The summed E-state index contributed by atoms with van der Waals surface area (Å²) < 4.78 is 7.26. The molecule has 6 heteroatoms. The number of likely N-dealkylation sites (N-methyl/N-ethyl adjacent to an activating group) is 1. The molecule has 1 aromatic heterocycles. The van der Waals surface area contributed by atoms with Crippen LogP contribution >= 0.6 is 0 Å². The van der Waals surface area contributed by atoms with Crippen molar-refractivity contribution < 1.29 is 9.84 Å². The van der Waals surface area contributed by atoms with Crippen molar-refractivity contribution in [1.82, 2.24) is 19.7 Å². The molecule has 0 saturated carbocycles. The lowest BCUT2D eigenvalue weighted by atomic mass is 9.94. The molecule has 1 fully saturated rings.